The summed E-state index contributed by atoms with van der Waals surface area (Å²) >= 11 is 0. The highest BCUT2D eigenvalue weighted by Crippen LogP contribution is 2.32. The van der Waals surface area contributed by atoms with E-state index >= 15 is 0 Å². The number of benzene rings is 2. The van der Waals surface area contributed by atoms with Gasteiger partial charge in [0.25, 0.3) is 5.91 Å². The van der Waals surface area contributed by atoms with Gasteiger partial charge in [-0.25, -0.2) is 8.42 Å². The fourth-order valence-corrected chi connectivity index (χ4v) is 5.22. The molecule has 3 aromatic rings. The SMILES string of the molecule is CCN(CC)S(=O)(=O)c1ccc2c(c1)CCN2C(=O)c1cc(-c2ccccc2)on1. The first-order valence-corrected chi connectivity index (χ1v) is 11.4. The van der Waals surface area contributed by atoms with Gasteiger partial charge in [-0.15, -0.1) is 0 Å². The zero-order chi connectivity index (χ0) is 21.3. The minimum atomic E-state index is -3.54. The third-order valence-electron chi connectivity index (χ3n) is 5.32. The van der Waals surface area contributed by atoms with Crippen LogP contribution < -0.4 is 4.90 Å². The fourth-order valence-electron chi connectivity index (χ4n) is 3.71. The summed E-state index contributed by atoms with van der Waals surface area (Å²) < 4.78 is 32.4. The molecule has 0 aliphatic carbocycles. The Balaban J connectivity index is 1.60. The van der Waals surface area contributed by atoms with Gasteiger partial charge in [0.2, 0.25) is 10.0 Å². The van der Waals surface area contributed by atoms with Gasteiger partial charge in [0.1, 0.15) is 0 Å². The number of carbonyl (C=O) groups is 1. The van der Waals surface area contributed by atoms with E-state index in [1.165, 1.54) is 4.31 Å². The topological polar surface area (TPSA) is 83.7 Å². The summed E-state index contributed by atoms with van der Waals surface area (Å²) in [6, 6.07) is 16.0. The van der Waals surface area contributed by atoms with Gasteiger partial charge in [-0.2, -0.15) is 4.31 Å². The predicted octanol–water partition coefficient (Wildman–Crippen LogP) is 3.58. The molecule has 0 saturated heterocycles. The van der Waals surface area contributed by atoms with Gasteiger partial charge in [-0.05, 0) is 30.2 Å². The van der Waals surface area contributed by atoms with Crippen LogP contribution in [-0.4, -0.2) is 43.4 Å². The standard InChI is InChI=1S/C22H23N3O4S/c1-3-24(4-2)30(27,28)18-10-11-20-17(14-18)12-13-25(20)22(26)19-15-21(29-23-19)16-8-6-5-7-9-16/h5-11,14-15H,3-4,12-13H2,1-2H3. The van der Waals surface area contributed by atoms with Crippen molar-refractivity contribution in [2.75, 3.05) is 24.5 Å². The maximum absolute atomic E-state index is 13.0. The van der Waals surface area contributed by atoms with Gasteiger partial charge in [-0.1, -0.05) is 49.3 Å². The number of sulfonamides is 1. The number of anilines is 1. The van der Waals surface area contributed by atoms with E-state index in [0.29, 0.717) is 37.5 Å². The summed E-state index contributed by atoms with van der Waals surface area (Å²) in [6.45, 7) is 4.93. The number of rotatable bonds is 6. The van der Waals surface area contributed by atoms with E-state index in [4.69, 9.17) is 4.52 Å². The third kappa shape index (κ3) is 3.53. The summed E-state index contributed by atoms with van der Waals surface area (Å²) in [7, 11) is -3.54. The van der Waals surface area contributed by atoms with Crippen molar-refractivity contribution in [3.05, 3.63) is 65.9 Å². The highest BCUT2D eigenvalue weighted by molar-refractivity contribution is 7.89. The van der Waals surface area contributed by atoms with E-state index in [2.05, 4.69) is 5.16 Å². The molecular weight excluding hydrogens is 402 g/mol. The van der Waals surface area contributed by atoms with Crippen molar-refractivity contribution >= 4 is 21.6 Å². The molecule has 0 spiro atoms. The minimum Gasteiger partial charge on any atom is -0.355 e. The normalized spacial score (nSPS) is 13.6. The van der Waals surface area contributed by atoms with Crippen molar-refractivity contribution in [3.63, 3.8) is 0 Å². The van der Waals surface area contributed by atoms with E-state index in [1.54, 1.807) is 29.2 Å². The third-order valence-corrected chi connectivity index (χ3v) is 7.37. The molecule has 0 bridgehead atoms. The number of hydrogen-bond donors (Lipinski definition) is 0. The van der Waals surface area contributed by atoms with E-state index in [1.807, 2.05) is 44.2 Å². The summed E-state index contributed by atoms with van der Waals surface area (Å²) in [6.07, 6.45) is 0.589. The maximum atomic E-state index is 13.0. The van der Waals surface area contributed by atoms with Crippen LogP contribution >= 0.6 is 0 Å². The monoisotopic (exact) mass is 425 g/mol. The highest BCUT2D eigenvalue weighted by atomic mass is 32.2. The Morgan fingerprint density at radius 2 is 1.83 bits per heavy atom. The van der Waals surface area contributed by atoms with Gasteiger partial charge in [0.15, 0.2) is 11.5 Å². The lowest BCUT2D eigenvalue weighted by Crippen LogP contribution is -2.31. The summed E-state index contributed by atoms with van der Waals surface area (Å²) in [5.74, 6) is 0.262. The van der Waals surface area contributed by atoms with Crippen molar-refractivity contribution in [1.82, 2.24) is 9.46 Å². The molecule has 1 aromatic heterocycles. The van der Waals surface area contributed by atoms with E-state index in [-0.39, 0.29) is 16.5 Å². The Morgan fingerprint density at radius 1 is 1.10 bits per heavy atom. The lowest BCUT2D eigenvalue weighted by Gasteiger charge is -2.20. The molecule has 7 nitrogen and oxygen atoms in total. The predicted molar refractivity (Wildman–Crippen MR) is 114 cm³/mol. The first-order valence-electron chi connectivity index (χ1n) is 9.92. The number of carbonyl (C=O) groups excluding carboxylic acids is 1. The highest BCUT2D eigenvalue weighted by Gasteiger charge is 2.30. The van der Waals surface area contributed by atoms with Crippen LogP contribution in [0.1, 0.15) is 29.9 Å². The second-order valence-corrected chi connectivity index (χ2v) is 8.97. The zero-order valence-corrected chi connectivity index (χ0v) is 17.7. The average molecular weight is 426 g/mol. The first-order chi connectivity index (χ1) is 14.5. The molecule has 156 valence electrons. The molecule has 0 atom stereocenters. The van der Waals surface area contributed by atoms with Crippen LogP contribution in [0.25, 0.3) is 11.3 Å². The van der Waals surface area contributed by atoms with Crippen molar-refractivity contribution in [2.24, 2.45) is 0 Å². The van der Waals surface area contributed by atoms with Crippen LogP contribution in [0.3, 0.4) is 0 Å². The number of aromatic nitrogens is 1. The zero-order valence-electron chi connectivity index (χ0n) is 16.9. The van der Waals surface area contributed by atoms with Gasteiger partial charge in [-0.3, -0.25) is 4.79 Å². The molecule has 0 saturated carbocycles. The lowest BCUT2D eigenvalue weighted by atomic mass is 10.1. The smallest absolute Gasteiger partial charge is 0.280 e. The van der Waals surface area contributed by atoms with Crippen LogP contribution in [0.4, 0.5) is 5.69 Å². The Labute approximate surface area is 176 Å². The Hall–Kier alpha value is -2.97. The summed E-state index contributed by atoms with van der Waals surface area (Å²) in [5, 5.41) is 3.94. The van der Waals surface area contributed by atoms with Gasteiger partial charge in [0, 0.05) is 37.0 Å². The quantitative estimate of drug-likeness (QED) is 0.603. The number of amides is 1. The second kappa shape index (κ2) is 8.04. The van der Waals surface area contributed by atoms with Crippen LogP contribution in [0.5, 0.6) is 0 Å². The largest absolute Gasteiger partial charge is 0.355 e. The second-order valence-electron chi connectivity index (χ2n) is 7.03. The van der Waals surface area contributed by atoms with Gasteiger partial charge < -0.3 is 9.42 Å². The molecule has 30 heavy (non-hydrogen) atoms. The Kier molecular flexibility index (Phi) is 5.44. The minimum absolute atomic E-state index is 0.224. The Morgan fingerprint density at radius 3 is 2.53 bits per heavy atom. The molecule has 0 N–H and O–H groups in total. The van der Waals surface area contributed by atoms with Crippen molar-refractivity contribution in [2.45, 2.75) is 25.2 Å². The summed E-state index contributed by atoms with van der Waals surface area (Å²) in [5.41, 5.74) is 2.62. The van der Waals surface area contributed by atoms with Crippen molar-refractivity contribution in [1.29, 1.82) is 0 Å². The number of hydrogen-bond acceptors (Lipinski definition) is 5. The van der Waals surface area contributed by atoms with E-state index in [9.17, 15) is 13.2 Å². The molecule has 2 heterocycles. The van der Waals surface area contributed by atoms with Gasteiger partial charge in [0.05, 0.1) is 4.90 Å². The Bertz CT molecular complexity index is 1170. The maximum Gasteiger partial charge on any atom is 0.280 e. The molecule has 1 amide bonds. The molecule has 2 aromatic carbocycles. The van der Waals surface area contributed by atoms with Crippen molar-refractivity contribution < 1.29 is 17.7 Å². The molecule has 1 aliphatic heterocycles. The molecular formula is C22H23N3O4S. The first kappa shape index (κ1) is 20.3. The van der Waals surface area contributed by atoms with Crippen molar-refractivity contribution in [3.8, 4) is 11.3 Å². The average Bonchev–Trinajstić information content (AvgIpc) is 3.42. The molecule has 0 radical (unpaired) electrons. The molecule has 8 heteroatoms. The van der Waals surface area contributed by atoms with Crippen LogP contribution in [0.2, 0.25) is 0 Å². The van der Waals surface area contributed by atoms with Crippen LogP contribution in [0.15, 0.2) is 64.0 Å². The molecule has 0 fully saturated rings. The van der Waals surface area contributed by atoms with E-state index in [0.717, 1.165) is 11.1 Å². The lowest BCUT2D eigenvalue weighted by molar-refractivity contribution is 0.0980. The fraction of sp³-hybridized carbons (Fsp3) is 0.273. The summed E-state index contributed by atoms with van der Waals surface area (Å²) in [4.78, 5) is 14.9. The van der Waals surface area contributed by atoms with Crippen LogP contribution in [-0.2, 0) is 16.4 Å². The molecule has 1 aliphatic rings. The van der Waals surface area contributed by atoms with Gasteiger partial charge >= 0.3 is 0 Å². The number of fused-ring (bicyclic) bond motifs is 1. The molecule has 4 rings (SSSR count). The van der Waals surface area contributed by atoms with E-state index < -0.39 is 10.0 Å². The molecule has 0 unspecified atom stereocenters. The van der Waals surface area contributed by atoms with Crippen LogP contribution in [0, 0.1) is 0 Å². The number of nitrogens with zero attached hydrogens (tertiary/aromatic N) is 3.